The lowest BCUT2D eigenvalue weighted by Crippen LogP contribution is -2.13. The third-order valence-corrected chi connectivity index (χ3v) is 3.51. The van der Waals surface area contributed by atoms with Crippen LogP contribution in [0.15, 0.2) is 18.2 Å². The lowest BCUT2D eigenvalue weighted by molar-refractivity contribution is 0.500. The Hall–Kier alpha value is -1.40. The van der Waals surface area contributed by atoms with E-state index in [4.69, 9.17) is 0 Å². The largest absolute Gasteiger partial charge is 0.310 e. The van der Waals surface area contributed by atoms with Crippen molar-refractivity contribution in [2.75, 3.05) is 6.54 Å². The van der Waals surface area contributed by atoms with Gasteiger partial charge in [-0.05, 0) is 24.6 Å². The molecule has 0 unspecified atom stereocenters. The minimum absolute atomic E-state index is 0.273. The van der Waals surface area contributed by atoms with E-state index in [1.165, 1.54) is 17.4 Å². The Morgan fingerprint density at radius 2 is 2.00 bits per heavy atom. The molecule has 0 amide bonds. The quantitative estimate of drug-likeness (QED) is 0.828. The first-order valence-corrected chi connectivity index (χ1v) is 6.97. The van der Waals surface area contributed by atoms with Gasteiger partial charge in [0.15, 0.2) is 11.6 Å². The van der Waals surface area contributed by atoms with Crippen molar-refractivity contribution in [1.82, 2.24) is 15.5 Å². The molecule has 1 aromatic heterocycles. The molecule has 0 radical (unpaired) electrons. The van der Waals surface area contributed by atoms with Crippen LogP contribution >= 0.6 is 11.3 Å². The molecule has 1 N–H and O–H groups in total. The van der Waals surface area contributed by atoms with Crippen LogP contribution in [0.5, 0.6) is 0 Å². The van der Waals surface area contributed by atoms with Crippen LogP contribution in [0.4, 0.5) is 8.78 Å². The molecule has 6 heteroatoms. The Morgan fingerprint density at radius 1 is 1.21 bits per heavy atom. The number of rotatable bonds is 6. The average molecular weight is 283 g/mol. The van der Waals surface area contributed by atoms with E-state index in [9.17, 15) is 8.78 Å². The zero-order valence-electron chi connectivity index (χ0n) is 10.6. The van der Waals surface area contributed by atoms with Crippen LogP contribution in [0.2, 0.25) is 0 Å². The van der Waals surface area contributed by atoms with E-state index in [0.29, 0.717) is 17.1 Å². The van der Waals surface area contributed by atoms with Crippen LogP contribution < -0.4 is 5.32 Å². The molecule has 19 heavy (non-hydrogen) atoms. The summed E-state index contributed by atoms with van der Waals surface area (Å²) in [7, 11) is 0. The van der Waals surface area contributed by atoms with E-state index in [1.807, 2.05) is 0 Å². The van der Waals surface area contributed by atoms with Gasteiger partial charge in [0.25, 0.3) is 0 Å². The second kappa shape index (κ2) is 6.68. The van der Waals surface area contributed by atoms with Crippen molar-refractivity contribution >= 4 is 11.3 Å². The molecule has 0 atom stereocenters. The first-order valence-electron chi connectivity index (χ1n) is 6.15. The lowest BCUT2D eigenvalue weighted by Gasteiger charge is -2.00. The maximum Gasteiger partial charge on any atom is 0.162 e. The van der Waals surface area contributed by atoms with E-state index in [-0.39, 0.29) is 6.42 Å². The van der Waals surface area contributed by atoms with Crippen LogP contribution in [-0.4, -0.2) is 16.7 Å². The van der Waals surface area contributed by atoms with E-state index in [0.717, 1.165) is 24.0 Å². The molecule has 3 nitrogen and oxygen atoms in total. The fraction of sp³-hybridized carbons (Fsp3) is 0.385. The maximum atomic E-state index is 13.5. The highest BCUT2D eigenvalue weighted by Crippen LogP contribution is 2.18. The van der Waals surface area contributed by atoms with Gasteiger partial charge in [0.05, 0.1) is 0 Å². The maximum absolute atomic E-state index is 13.5. The molecular weight excluding hydrogens is 268 g/mol. The van der Waals surface area contributed by atoms with E-state index >= 15 is 0 Å². The topological polar surface area (TPSA) is 37.8 Å². The predicted molar refractivity (Wildman–Crippen MR) is 71.1 cm³/mol. The normalized spacial score (nSPS) is 10.9. The summed E-state index contributed by atoms with van der Waals surface area (Å²) in [6.07, 6.45) is 1.33. The van der Waals surface area contributed by atoms with Gasteiger partial charge < -0.3 is 5.32 Å². The third-order valence-electron chi connectivity index (χ3n) is 2.58. The highest BCUT2D eigenvalue weighted by molar-refractivity contribution is 7.11. The van der Waals surface area contributed by atoms with Crippen molar-refractivity contribution < 1.29 is 8.78 Å². The summed E-state index contributed by atoms with van der Waals surface area (Å²) >= 11 is 1.42. The Morgan fingerprint density at radius 3 is 2.79 bits per heavy atom. The Bertz CT molecular complexity index is 542. The number of nitrogens with zero attached hydrogens (tertiary/aromatic N) is 2. The molecule has 0 saturated carbocycles. The van der Waals surface area contributed by atoms with Gasteiger partial charge in [0.1, 0.15) is 10.0 Å². The standard InChI is InChI=1S/C13H15F2N3S/c1-2-6-16-8-12-18-17-11(19-12)7-9-4-3-5-10(14)13(9)15/h3-5,16H,2,6-8H2,1H3. The van der Waals surface area contributed by atoms with E-state index in [1.54, 1.807) is 6.07 Å². The Labute approximate surface area is 114 Å². The van der Waals surface area contributed by atoms with Gasteiger partial charge in [-0.15, -0.1) is 10.2 Å². The van der Waals surface area contributed by atoms with Crippen molar-refractivity contribution in [2.45, 2.75) is 26.3 Å². The van der Waals surface area contributed by atoms with Crippen molar-refractivity contribution in [1.29, 1.82) is 0 Å². The molecule has 0 fully saturated rings. The molecule has 0 aliphatic rings. The highest BCUT2D eigenvalue weighted by atomic mass is 32.1. The third kappa shape index (κ3) is 3.78. The zero-order valence-corrected chi connectivity index (χ0v) is 11.4. The summed E-state index contributed by atoms with van der Waals surface area (Å²) < 4.78 is 26.6. The van der Waals surface area contributed by atoms with Gasteiger partial charge in [0.2, 0.25) is 0 Å². The second-order valence-electron chi connectivity index (χ2n) is 4.16. The van der Waals surface area contributed by atoms with Gasteiger partial charge >= 0.3 is 0 Å². The van der Waals surface area contributed by atoms with Gasteiger partial charge in [-0.25, -0.2) is 8.78 Å². The first-order chi connectivity index (χ1) is 9.20. The zero-order chi connectivity index (χ0) is 13.7. The number of benzene rings is 1. The minimum atomic E-state index is -0.827. The molecule has 0 saturated heterocycles. The summed E-state index contributed by atoms with van der Waals surface area (Å²) in [5.74, 6) is -1.63. The number of halogens is 2. The fourth-order valence-corrected chi connectivity index (χ4v) is 2.49. The smallest absolute Gasteiger partial charge is 0.162 e. The number of aromatic nitrogens is 2. The molecule has 102 valence electrons. The van der Waals surface area contributed by atoms with Crippen molar-refractivity contribution in [3.8, 4) is 0 Å². The van der Waals surface area contributed by atoms with Crippen LogP contribution in [0.1, 0.15) is 28.9 Å². The molecule has 0 bridgehead atoms. The highest BCUT2D eigenvalue weighted by Gasteiger charge is 2.11. The van der Waals surface area contributed by atoms with Crippen LogP contribution in [-0.2, 0) is 13.0 Å². The Balaban J connectivity index is 2.01. The van der Waals surface area contributed by atoms with Gasteiger partial charge in [0, 0.05) is 13.0 Å². The number of hydrogen-bond acceptors (Lipinski definition) is 4. The van der Waals surface area contributed by atoms with Crippen LogP contribution in [0.3, 0.4) is 0 Å². The van der Waals surface area contributed by atoms with E-state index < -0.39 is 11.6 Å². The molecule has 2 rings (SSSR count). The summed E-state index contributed by atoms with van der Waals surface area (Å²) in [5.41, 5.74) is 0.309. The van der Waals surface area contributed by atoms with Crippen LogP contribution in [0, 0.1) is 11.6 Å². The number of hydrogen-bond donors (Lipinski definition) is 1. The van der Waals surface area contributed by atoms with Crippen LogP contribution in [0.25, 0.3) is 0 Å². The van der Waals surface area contributed by atoms with Crippen molar-refractivity contribution in [2.24, 2.45) is 0 Å². The van der Waals surface area contributed by atoms with Gasteiger partial charge in [-0.3, -0.25) is 0 Å². The molecule has 0 aliphatic carbocycles. The monoisotopic (exact) mass is 283 g/mol. The lowest BCUT2D eigenvalue weighted by atomic mass is 10.1. The van der Waals surface area contributed by atoms with Gasteiger partial charge in [-0.2, -0.15) is 0 Å². The summed E-state index contributed by atoms with van der Waals surface area (Å²) in [6.45, 7) is 3.68. The molecule has 2 aromatic rings. The fourth-order valence-electron chi connectivity index (χ4n) is 1.65. The van der Waals surface area contributed by atoms with Crippen molar-refractivity contribution in [3.63, 3.8) is 0 Å². The SMILES string of the molecule is CCCNCc1nnc(Cc2cccc(F)c2F)s1. The minimum Gasteiger partial charge on any atom is -0.310 e. The molecular formula is C13H15F2N3S. The molecule has 1 aromatic carbocycles. The Kier molecular flexibility index (Phi) is 4.93. The summed E-state index contributed by atoms with van der Waals surface area (Å²) in [4.78, 5) is 0. The average Bonchev–Trinajstić information content (AvgIpc) is 2.83. The number of nitrogens with one attached hydrogen (secondary N) is 1. The summed E-state index contributed by atoms with van der Waals surface area (Å²) in [5, 5.41) is 12.8. The van der Waals surface area contributed by atoms with E-state index in [2.05, 4.69) is 22.4 Å². The first kappa shape index (κ1) is 14.0. The molecule has 0 spiro atoms. The predicted octanol–water partition coefficient (Wildman–Crippen LogP) is 2.91. The molecule has 1 heterocycles. The molecule has 0 aliphatic heterocycles. The van der Waals surface area contributed by atoms with Crippen molar-refractivity contribution in [3.05, 3.63) is 45.4 Å². The second-order valence-corrected chi connectivity index (χ2v) is 5.30. The summed E-state index contributed by atoms with van der Waals surface area (Å²) in [6, 6.07) is 4.17. The van der Waals surface area contributed by atoms with Gasteiger partial charge in [-0.1, -0.05) is 30.4 Å².